The van der Waals surface area contributed by atoms with Crippen molar-refractivity contribution in [1.82, 2.24) is 10.1 Å². The summed E-state index contributed by atoms with van der Waals surface area (Å²) in [6.07, 6.45) is 1.76. The number of halogens is 1. The number of rotatable bonds is 4. The van der Waals surface area contributed by atoms with Gasteiger partial charge < -0.3 is 9.26 Å². The summed E-state index contributed by atoms with van der Waals surface area (Å²) in [5.41, 5.74) is 0.938. The maximum atomic E-state index is 13.6. The number of ether oxygens (including phenoxy) is 1. The van der Waals surface area contributed by atoms with Crippen molar-refractivity contribution in [3.63, 3.8) is 0 Å². The van der Waals surface area contributed by atoms with E-state index in [1.54, 1.807) is 19.1 Å². The molecule has 1 aliphatic carbocycles. The quantitative estimate of drug-likeness (QED) is 0.845. The van der Waals surface area contributed by atoms with E-state index in [-0.39, 0.29) is 11.6 Å². The smallest absolute Gasteiger partial charge is 0.267 e. The van der Waals surface area contributed by atoms with Crippen LogP contribution in [-0.2, 0) is 0 Å². The Kier molecular flexibility index (Phi) is 2.97. The van der Waals surface area contributed by atoms with Crippen LogP contribution in [-0.4, -0.2) is 10.1 Å². The Morgan fingerprint density at radius 2 is 2.21 bits per heavy atom. The van der Waals surface area contributed by atoms with Gasteiger partial charge in [-0.1, -0.05) is 11.2 Å². The molecule has 0 spiro atoms. The summed E-state index contributed by atoms with van der Waals surface area (Å²) in [5.74, 6) is 1.37. The molecule has 4 nitrogen and oxygen atoms in total. The van der Waals surface area contributed by atoms with Gasteiger partial charge in [0, 0.05) is 5.92 Å². The largest absolute Gasteiger partial charge is 0.478 e. The maximum Gasteiger partial charge on any atom is 0.267 e. The Hall–Kier alpha value is -1.91. The summed E-state index contributed by atoms with van der Waals surface area (Å²) in [7, 11) is 0. The highest BCUT2D eigenvalue weighted by atomic mass is 19.1. The third-order valence-corrected chi connectivity index (χ3v) is 3.14. The number of aromatic nitrogens is 2. The van der Waals surface area contributed by atoms with E-state index in [9.17, 15) is 4.39 Å². The zero-order valence-corrected chi connectivity index (χ0v) is 10.9. The molecule has 1 heterocycles. The van der Waals surface area contributed by atoms with Gasteiger partial charge >= 0.3 is 0 Å². The van der Waals surface area contributed by atoms with Crippen LogP contribution in [0.15, 0.2) is 22.7 Å². The lowest BCUT2D eigenvalue weighted by atomic mass is 10.2. The molecule has 1 fully saturated rings. The lowest BCUT2D eigenvalue weighted by Crippen LogP contribution is -2.05. The molecule has 100 valence electrons. The monoisotopic (exact) mass is 262 g/mol. The summed E-state index contributed by atoms with van der Waals surface area (Å²) in [6, 6.07) is 4.75. The molecule has 0 bridgehead atoms. The number of benzene rings is 1. The molecule has 3 rings (SSSR count). The highest BCUT2D eigenvalue weighted by molar-refractivity contribution is 5.29. The van der Waals surface area contributed by atoms with Crippen LogP contribution in [0.2, 0.25) is 0 Å². The van der Waals surface area contributed by atoms with Gasteiger partial charge in [0.25, 0.3) is 5.89 Å². The lowest BCUT2D eigenvalue weighted by Gasteiger charge is -2.11. The third-order valence-electron chi connectivity index (χ3n) is 3.14. The molecule has 1 aromatic carbocycles. The molecular weight excluding hydrogens is 247 g/mol. The molecule has 1 atom stereocenters. The molecule has 0 aliphatic heterocycles. The molecule has 1 unspecified atom stereocenters. The molecule has 1 aliphatic rings. The predicted molar refractivity (Wildman–Crippen MR) is 66.5 cm³/mol. The minimum absolute atomic E-state index is 0.207. The summed E-state index contributed by atoms with van der Waals surface area (Å²) < 4.78 is 24.3. The molecular formula is C14H15FN2O2. The Labute approximate surface area is 110 Å². The SMILES string of the molecule is Cc1ccc(F)c(OC(C)c2nc(C3CC3)no2)c1. The molecule has 0 saturated heterocycles. The van der Waals surface area contributed by atoms with Crippen LogP contribution in [0, 0.1) is 12.7 Å². The van der Waals surface area contributed by atoms with E-state index in [0.717, 1.165) is 24.2 Å². The second-order valence-corrected chi connectivity index (χ2v) is 4.96. The highest BCUT2D eigenvalue weighted by Crippen LogP contribution is 2.38. The first-order valence-corrected chi connectivity index (χ1v) is 6.40. The second-order valence-electron chi connectivity index (χ2n) is 4.96. The van der Waals surface area contributed by atoms with Crippen LogP contribution in [0.25, 0.3) is 0 Å². The van der Waals surface area contributed by atoms with Crippen molar-refractivity contribution in [3.8, 4) is 5.75 Å². The lowest BCUT2D eigenvalue weighted by molar-refractivity contribution is 0.169. The Bertz CT molecular complexity index is 593. The van der Waals surface area contributed by atoms with Crippen molar-refractivity contribution < 1.29 is 13.7 Å². The minimum Gasteiger partial charge on any atom is -0.478 e. The van der Waals surface area contributed by atoms with Gasteiger partial charge in [-0.25, -0.2) is 4.39 Å². The first kappa shape index (κ1) is 12.1. The van der Waals surface area contributed by atoms with Crippen LogP contribution in [0.1, 0.15) is 49.1 Å². The number of hydrogen-bond acceptors (Lipinski definition) is 4. The van der Waals surface area contributed by atoms with Gasteiger partial charge in [0.05, 0.1) is 0 Å². The molecule has 5 heteroatoms. The summed E-state index contributed by atoms with van der Waals surface area (Å²) in [6.45, 7) is 3.65. The van der Waals surface area contributed by atoms with E-state index >= 15 is 0 Å². The van der Waals surface area contributed by atoms with Gasteiger partial charge in [-0.2, -0.15) is 4.98 Å². The van der Waals surface area contributed by atoms with Crippen molar-refractivity contribution in [2.45, 2.75) is 38.7 Å². The van der Waals surface area contributed by atoms with Gasteiger partial charge in [0.1, 0.15) is 0 Å². The van der Waals surface area contributed by atoms with Gasteiger partial charge in [0.2, 0.25) is 0 Å². The number of aryl methyl sites for hydroxylation is 1. The highest BCUT2D eigenvalue weighted by Gasteiger charge is 2.30. The van der Waals surface area contributed by atoms with E-state index in [4.69, 9.17) is 9.26 Å². The fourth-order valence-corrected chi connectivity index (χ4v) is 1.86. The van der Waals surface area contributed by atoms with Gasteiger partial charge in [-0.3, -0.25) is 0 Å². The van der Waals surface area contributed by atoms with Crippen LogP contribution in [0.3, 0.4) is 0 Å². The normalized spacial score (nSPS) is 16.4. The Morgan fingerprint density at radius 3 is 2.95 bits per heavy atom. The molecule has 0 radical (unpaired) electrons. The van der Waals surface area contributed by atoms with Gasteiger partial charge in [-0.05, 0) is 44.4 Å². The standard InChI is InChI=1S/C14H15FN2O2/c1-8-3-6-11(15)12(7-8)18-9(2)14-16-13(17-19-14)10-4-5-10/h3,6-7,9-10H,4-5H2,1-2H3. The van der Waals surface area contributed by atoms with Crippen molar-refractivity contribution in [1.29, 1.82) is 0 Å². The van der Waals surface area contributed by atoms with Crippen LogP contribution in [0.4, 0.5) is 4.39 Å². The average molecular weight is 262 g/mol. The number of hydrogen-bond donors (Lipinski definition) is 0. The van der Waals surface area contributed by atoms with Crippen molar-refractivity contribution in [2.24, 2.45) is 0 Å². The summed E-state index contributed by atoms with van der Waals surface area (Å²) in [5, 5.41) is 3.92. The fraction of sp³-hybridized carbons (Fsp3) is 0.429. The van der Waals surface area contributed by atoms with Crippen LogP contribution in [0.5, 0.6) is 5.75 Å². The second kappa shape index (κ2) is 4.64. The van der Waals surface area contributed by atoms with Crippen molar-refractivity contribution >= 4 is 0 Å². The molecule has 0 amide bonds. The molecule has 19 heavy (non-hydrogen) atoms. The first-order chi connectivity index (χ1) is 9.13. The van der Waals surface area contributed by atoms with Crippen LogP contribution >= 0.6 is 0 Å². The first-order valence-electron chi connectivity index (χ1n) is 6.40. The van der Waals surface area contributed by atoms with Crippen LogP contribution < -0.4 is 4.74 Å². The van der Waals surface area contributed by atoms with E-state index in [1.807, 2.05) is 6.92 Å². The number of nitrogens with zero attached hydrogens (tertiary/aromatic N) is 2. The van der Waals surface area contributed by atoms with E-state index < -0.39 is 6.10 Å². The zero-order valence-electron chi connectivity index (χ0n) is 10.9. The topological polar surface area (TPSA) is 48.2 Å². The molecule has 1 aromatic heterocycles. The molecule has 1 saturated carbocycles. The van der Waals surface area contributed by atoms with Crippen molar-refractivity contribution in [2.75, 3.05) is 0 Å². The summed E-state index contributed by atoms with van der Waals surface area (Å²) in [4.78, 5) is 4.30. The van der Waals surface area contributed by atoms with Gasteiger partial charge in [-0.15, -0.1) is 0 Å². The molecule has 0 N–H and O–H groups in total. The van der Waals surface area contributed by atoms with E-state index in [1.165, 1.54) is 6.07 Å². The third kappa shape index (κ3) is 2.59. The Balaban J connectivity index is 1.75. The maximum absolute atomic E-state index is 13.6. The van der Waals surface area contributed by atoms with E-state index in [0.29, 0.717) is 11.8 Å². The fourth-order valence-electron chi connectivity index (χ4n) is 1.86. The van der Waals surface area contributed by atoms with Gasteiger partial charge in [0.15, 0.2) is 23.5 Å². The molecule has 2 aromatic rings. The van der Waals surface area contributed by atoms with Crippen molar-refractivity contribution in [3.05, 3.63) is 41.3 Å². The van der Waals surface area contributed by atoms with E-state index in [2.05, 4.69) is 10.1 Å². The zero-order chi connectivity index (χ0) is 13.4. The summed E-state index contributed by atoms with van der Waals surface area (Å²) >= 11 is 0. The Morgan fingerprint density at radius 1 is 1.42 bits per heavy atom. The predicted octanol–water partition coefficient (Wildman–Crippen LogP) is 3.53. The average Bonchev–Trinajstić information content (AvgIpc) is 3.11. The minimum atomic E-state index is -0.462.